The van der Waals surface area contributed by atoms with Gasteiger partial charge in [-0.25, -0.2) is 0 Å². The smallest absolute Gasteiger partial charge is 0.225 e. The minimum absolute atomic E-state index is 0.0507. The van der Waals surface area contributed by atoms with Gasteiger partial charge in [0.25, 0.3) is 0 Å². The number of para-hydroxylation sites is 1. The molecule has 0 aliphatic rings. The summed E-state index contributed by atoms with van der Waals surface area (Å²) in [5.74, 6) is 1.83. The standard InChI is InChI=1S/C23H27N5O3S/c1-16(24-21(30)15-17-9-11-19(31-3)12-10-17)22-26-27-23(28(22)2)32-14-13-20(29)25-18-7-5-4-6-8-18/h4-12,16H,13-15H2,1-3H3,(H,24,30)(H,25,29)/t16-/m0/s1. The maximum Gasteiger partial charge on any atom is 0.225 e. The van der Waals surface area contributed by atoms with Crippen LogP contribution in [0.2, 0.25) is 0 Å². The molecular weight excluding hydrogens is 426 g/mol. The second-order valence-corrected chi connectivity index (χ2v) is 8.29. The van der Waals surface area contributed by atoms with Crippen molar-refractivity contribution in [1.82, 2.24) is 20.1 Å². The Labute approximate surface area is 191 Å². The lowest BCUT2D eigenvalue weighted by atomic mass is 10.1. The molecule has 8 nitrogen and oxygen atoms in total. The van der Waals surface area contributed by atoms with Gasteiger partial charge < -0.3 is 19.9 Å². The lowest BCUT2D eigenvalue weighted by Gasteiger charge is -2.14. The molecule has 0 saturated carbocycles. The maximum atomic E-state index is 12.4. The first-order valence-electron chi connectivity index (χ1n) is 10.3. The predicted molar refractivity (Wildman–Crippen MR) is 125 cm³/mol. The first kappa shape index (κ1) is 23.3. The van der Waals surface area contributed by atoms with Crippen LogP contribution in [0.1, 0.15) is 30.8 Å². The molecule has 0 aliphatic carbocycles. The Morgan fingerprint density at radius 1 is 1.06 bits per heavy atom. The van der Waals surface area contributed by atoms with E-state index in [1.54, 1.807) is 7.11 Å². The summed E-state index contributed by atoms with van der Waals surface area (Å²) in [5.41, 5.74) is 1.68. The van der Waals surface area contributed by atoms with E-state index in [0.29, 0.717) is 23.2 Å². The van der Waals surface area contributed by atoms with E-state index in [1.807, 2.05) is 73.1 Å². The van der Waals surface area contributed by atoms with Gasteiger partial charge in [0.05, 0.1) is 19.6 Å². The van der Waals surface area contributed by atoms with Gasteiger partial charge in [0.2, 0.25) is 11.8 Å². The van der Waals surface area contributed by atoms with Crippen molar-refractivity contribution in [3.63, 3.8) is 0 Å². The molecular formula is C23H27N5O3S. The minimum atomic E-state index is -0.297. The van der Waals surface area contributed by atoms with E-state index in [4.69, 9.17) is 4.74 Å². The number of methoxy groups -OCH3 is 1. The Morgan fingerprint density at radius 3 is 2.47 bits per heavy atom. The molecule has 0 spiro atoms. The Kier molecular flexibility index (Phi) is 8.27. The summed E-state index contributed by atoms with van der Waals surface area (Å²) < 4.78 is 6.98. The van der Waals surface area contributed by atoms with Gasteiger partial charge in [-0.3, -0.25) is 9.59 Å². The number of rotatable bonds is 10. The van der Waals surface area contributed by atoms with Crippen LogP contribution in [-0.2, 0) is 23.1 Å². The fourth-order valence-electron chi connectivity index (χ4n) is 3.09. The van der Waals surface area contributed by atoms with Gasteiger partial charge in [0.15, 0.2) is 11.0 Å². The van der Waals surface area contributed by atoms with E-state index >= 15 is 0 Å². The number of ether oxygens (including phenoxy) is 1. The van der Waals surface area contributed by atoms with Crippen molar-refractivity contribution >= 4 is 29.3 Å². The van der Waals surface area contributed by atoms with Crippen LogP contribution in [0, 0.1) is 0 Å². The van der Waals surface area contributed by atoms with Crippen molar-refractivity contribution in [2.24, 2.45) is 7.05 Å². The number of amides is 2. The zero-order valence-corrected chi connectivity index (χ0v) is 19.2. The third kappa shape index (κ3) is 6.58. The number of anilines is 1. The number of benzene rings is 2. The fraction of sp³-hybridized carbons (Fsp3) is 0.304. The van der Waals surface area contributed by atoms with Gasteiger partial charge in [-0.15, -0.1) is 10.2 Å². The van der Waals surface area contributed by atoms with Gasteiger partial charge in [0, 0.05) is 24.9 Å². The molecule has 1 aromatic heterocycles. The molecule has 9 heteroatoms. The van der Waals surface area contributed by atoms with Crippen molar-refractivity contribution in [3.05, 3.63) is 66.0 Å². The Balaban J connectivity index is 1.47. The van der Waals surface area contributed by atoms with Crippen LogP contribution in [-0.4, -0.2) is 39.4 Å². The van der Waals surface area contributed by atoms with E-state index in [1.165, 1.54) is 11.8 Å². The topological polar surface area (TPSA) is 98.1 Å². The summed E-state index contributed by atoms with van der Waals surface area (Å²) in [6.07, 6.45) is 0.625. The zero-order chi connectivity index (χ0) is 22.9. The van der Waals surface area contributed by atoms with Gasteiger partial charge in [0.1, 0.15) is 5.75 Å². The van der Waals surface area contributed by atoms with Crippen LogP contribution in [0.25, 0.3) is 0 Å². The molecule has 2 amide bonds. The molecule has 1 heterocycles. The molecule has 0 saturated heterocycles. The Bertz CT molecular complexity index is 1040. The number of hydrogen-bond acceptors (Lipinski definition) is 6. The Morgan fingerprint density at radius 2 is 1.78 bits per heavy atom. The van der Waals surface area contributed by atoms with Crippen LogP contribution in [0.3, 0.4) is 0 Å². The summed E-state index contributed by atoms with van der Waals surface area (Å²) >= 11 is 1.45. The van der Waals surface area contributed by atoms with Crippen molar-refractivity contribution in [2.75, 3.05) is 18.2 Å². The maximum absolute atomic E-state index is 12.4. The molecule has 0 radical (unpaired) electrons. The van der Waals surface area contributed by atoms with Crippen molar-refractivity contribution < 1.29 is 14.3 Å². The first-order valence-corrected chi connectivity index (χ1v) is 11.2. The third-order valence-electron chi connectivity index (χ3n) is 4.77. The summed E-state index contributed by atoms with van der Waals surface area (Å²) in [6, 6.07) is 16.5. The molecule has 0 unspecified atom stereocenters. The van der Waals surface area contributed by atoms with Crippen LogP contribution in [0.5, 0.6) is 5.75 Å². The average Bonchev–Trinajstić information content (AvgIpc) is 3.15. The number of carbonyl (C=O) groups is 2. The molecule has 0 fully saturated rings. The van der Waals surface area contributed by atoms with E-state index < -0.39 is 0 Å². The van der Waals surface area contributed by atoms with E-state index in [2.05, 4.69) is 20.8 Å². The average molecular weight is 454 g/mol. The second kappa shape index (κ2) is 11.3. The van der Waals surface area contributed by atoms with Gasteiger partial charge in [-0.2, -0.15) is 0 Å². The van der Waals surface area contributed by atoms with E-state index in [-0.39, 0.29) is 24.3 Å². The number of hydrogen-bond donors (Lipinski definition) is 2. The molecule has 32 heavy (non-hydrogen) atoms. The molecule has 2 aromatic carbocycles. The quantitative estimate of drug-likeness (QED) is 0.457. The van der Waals surface area contributed by atoms with Crippen LogP contribution in [0.15, 0.2) is 59.8 Å². The van der Waals surface area contributed by atoms with Crippen molar-refractivity contribution in [3.8, 4) is 5.75 Å². The van der Waals surface area contributed by atoms with Gasteiger partial charge in [-0.1, -0.05) is 42.1 Å². The normalized spacial score (nSPS) is 11.6. The SMILES string of the molecule is COc1ccc(CC(=O)N[C@@H](C)c2nnc(SCCC(=O)Nc3ccccc3)n2C)cc1. The van der Waals surface area contributed by atoms with E-state index in [0.717, 1.165) is 17.0 Å². The summed E-state index contributed by atoms with van der Waals surface area (Å²) in [6.45, 7) is 1.87. The lowest BCUT2D eigenvalue weighted by molar-refractivity contribution is -0.121. The molecule has 168 valence electrons. The molecule has 3 rings (SSSR count). The lowest BCUT2D eigenvalue weighted by Crippen LogP contribution is -2.29. The monoisotopic (exact) mass is 453 g/mol. The van der Waals surface area contributed by atoms with E-state index in [9.17, 15) is 9.59 Å². The molecule has 1 atom stereocenters. The molecule has 2 N–H and O–H groups in total. The molecule has 3 aromatic rings. The van der Waals surface area contributed by atoms with Crippen molar-refractivity contribution in [2.45, 2.75) is 31.0 Å². The number of thioether (sulfide) groups is 1. The number of nitrogens with one attached hydrogen (secondary N) is 2. The minimum Gasteiger partial charge on any atom is -0.497 e. The predicted octanol–water partition coefficient (Wildman–Crippen LogP) is 3.36. The third-order valence-corrected chi connectivity index (χ3v) is 5.80. The highest BCUT2D eigenvalue weighted by atomic mass is 32.2. The van der Waals surface area contributed by atoms with Gasteiger partial charge in [-0.05, 0) is 36.8 Å². The molecule has 0 bridgehead atoms. The summed E-state index contributed by atoms with van der Waals surface area (Å²) in [5, 5.41) is 15.0. The second-order valence-electron chi connectivity index (χ2n) is 7.23. The highest BCUT2D eigenvalue weighted by molar-refractivity contribution is 7.99. The zero-order valence-electron chi connectivity index (χ0n) is 18.4. The number of aromatic nitrogens is 3. The fourth-order valence-corrected chi connectivity index (χ4v) is 3.95. The van der Waals surface area contributed by atoms with Gasteiger partial charge >= 0.3 is 0 Å². The van der Waals surface area contributed by atoms with Crippen LogP contribution >= 0.6 is 11.8 Å². The van der Waals surface area contributed by atoms with Crippen LogP contribution < -0.4 is 15.4 Å². The summed E-state index contributed by atoms with van der Waals surface area (Å²) in [4.78, 5) is 24.5. The largest absolute Gasteiger partial charge is 0.497 e. The first-order chi connectivity index (χ1) is 15.5. The van der Waals surface area contributed by atoms with Crippen molar-refractivity contribution in [1.29, 1.82) is 0 Å². The van der Waals surface area contributed by atoms with Crippen LogP contribution in [0.4, 0.5) is 5.69 Å². The highest BCUT2D eigenvalue weighted by Gasteiger charge is 2.18. The summed E-state index contributed by atoms with van der Waals surface area (Å²) in [7, 11) is 3.46. The number of nitrogens with zero attached hydrogens (tertiary/aromatic N) is 3. The molecule has 0 aliphatic heterocycles. The highest BCUT2D eigenvalue weighted by Crippen LogP contribution is 2.20. The number of carbonyl (C=O) groups excluding carboxylic acids is 2. The Hall–Kier alpha value is -3.33.